The molecule has 6 nitrogen and oxygen atoms in total. The van der Waals surface area contributed by atoms with Gasteiger partial charge in [-0.15, -0.1) is 0 Å². The highest BCUT2D eigenvalue weighted by atomic mass is 35.5. The van der Waals surface area contributed by atoms with Gasteiger partial charge in [0.25, 0.3) is 0 Å². The van der Waals surface area contributed by atoms with Crippen LogP contribution >= 0.6 is 11.6 Å². The molecule has 0 unspecified atom stereocenters. The van der Waals surface area contributed by atoms with Gasteiger partial charge in [-0.25, -0.2) is 4.39 Å². The Balaban J connectivity index is 2.35. The smallest absolute Gasteiger partial charge is 0.146 e. The van der Waals surface area contributed by atoms with Crippen LogP contribution in [0.1, 0.15) is 11.3 Å². The van der Waals surface area contributed by atoms with Gasteiger partial charge in [0.15, 0.2) is 0 Å². The van der Waals surface area contributed by atoms with Gasteiger partial charge in [0.2, 0.25) is 0 Å². The average molecular weight is 322 g/mol. The van der Waals surface area contributed by atoms with Crippen molar-refractivity contribution < 1.29 is 8.91 Å². The van der Waals surface area contributed by atoms with Crippen LogP contribution in [0.15, 0.2) is 51.8 Å². The van der Waals surface area contributed by atoms with Gasteiger partial charge in [-0.3, -0.25) is 10.4 Å². The molecule has 0 aliphatic carbocycles. The molecular weight excluding hydrogens is 309 g/mol. The van der Waals surface area contributed by atoms with E-state index in [4.69, 9.17) is 33.0 Å². The summed E-state index contributed by atoms with van der Waals surface area (Å²) >= 11 is 5.73. The number of amidine groups is 1. The number of halogens is 2. The Hall–Kier alpha value is -2.67. The Morgan fingerprint density at radius 1 is 1.41 bits per heavy atom. The van der Waals surface area contributed by atoms with Crippen LogP contribution in [0.3, 0.4) is 0 Å². The quantitative estimate of drug-likeness (QED) is 0.578. The molecule has 1 aromatic heterocycles. The highest BCUT2D eigenvalue weighted by molar-refractivity contribution is 6.30. The molecule has 0 saturated heterocycles. The minimum absolute atomic E-state index is 0.0216. The summed E-state index contributed by atoms with van der Waals surface area (Å²) in [5, 5.41) is 11.1. The van der Waals surface area contributed by atoms with Gasteiger partial charge in [0, 0.05) is 11.6 Å². The van der Waals surface area contributed by atoms with E-state index >= 15 is 0 Å². The monoisotopic (exact) mass is 321 g/mol. The van der Waals surface area contributed by atoms with Crippen LogP contribution in [0.2, 0.25) is 5.02 Å². The Morgan fingerprint density at radius 2 is 2.18 bits per heavy atom. The van der Waals surface area contributed by atoms with Crippen LogP contribution in [0.4, 0.5) is 4.39 Å². The zero-order valence-electron chi connectivity index (χ0n) is 11.4. The Labute approximate surface area is 130 Å². The zero-order valence-corrected chi connectivity index (χ0v) is 12.1. The van der Waals surface area contributed by atoms with E-state index in [0.717, 1.165) is 0 Å². The first-order valence-electron chi connectivity index (χ1n) is 6.18. The lowest BCUT2D eigenvalue weighted by Crippen LogP contribution is -2.20. The van der Waals surface area contributed by atoms with Gasteiger partial charge < -0.3 is 16.0 Å². The second-order valence-corrected chi connectivity index (χ2v) is 4.72. The second kappa shape index (κ2) is 6.86. The Kier molecular flexibility index (Phi) is 4.90. The maximum absolute atomic E-state index is 13.9. The molecule has 114 valence electrons. The fourth-order valence-electron chi connectivity index (χ4n) is 1.61. The maximum Gasteiger partial charge on any atom is 0.146 e. The number of benzene rings is 1. The predicted octanol–water partition coefficient (Wildman–Crippen LogP) is 2.23. The summed E-state index contributed by atoms with van der Waals surface area (Å²) < 4.78 is 18.6. The standard InChI is InChI=1S/C14H13ClFN5O/c15-9-3-1-2-8(13(9)16)7-20-12(6-10(17)14(18)19)11-4-5-22-21-11/h1-6H,7,17H2,(H3,18,19)/b10-6-,20-12?. The van der Waals surface area contributed by atoms with E-state index in [2.05, 4.69) is 10.1 Å². The number of nitrogens with two attached hydrogens (primary N) is 2. The van der Waals surface area contributed by atoms with E-state index in [-0.39, 0.29) is 23.1 Å². The summed E-state index contributed by atoms with van der Waals surface area (Å²) in [5.74, 6) is -0.832. The number of aromatic nitrogens is 1. The molecule has 0 aliphatic rings. The molecule has 1 aromatic carbocycles. The first-order valence-corrected chi connectivity index (χ1v) is 6.56. The lowest BCUT2D eigenvalue weighted by atomic mass is 10.2. The molecule has 5 N–H and O–H groups in total. The fraction of sp³-hybridized carbons (Fsp3) is 0.0714. The molecule has 0 radical (unpaired) electrons. The number of rotatable bonds is 5. The molecule has 22 heavy (non-hydrogen) atoms. The van der Waals surface area contributed by atoms with Crippen LogP contribution < -0.4 is 11.5 Å². The van der Waals surface area contributed by atoms with Gasteiger partial charge in [-0.1, -0.05) is 28.9 Å². The van der Waals surface area contributed by atoms with Crippen molar-refractivity contribution in [3.05, 3.63) is 64.4 Å². The summed E-state index contributed by atoms with van der Waals surface area (Å²) in [6, 6.07) is 6.22. The normalized spacial score (nSPS) is 12.5. The SMILES string of the molecule is N=C(N)/C(N)=C/C(=NCc1cccc(Cl)c1F)c1ccon1. The lowest BCUT2D eigenvalue weighted by Gasteiger charge is -2.03. The van der Waals surface area contributed by atoms with Gasteiger partial charge in [0.05, 0.1) is 23.0 Å². The molecule has 0 aliphatic heterocycles. The summed E-state index contributed by atoms with van der Waals surface area (Å²) in [5.41, 5.74) is 12.0. The zero-order chi connectivity index (χ0) is 16.1. The minimum Gasteiger partial charge on any atom is -0.396 e. The molecule has 2 rings (SSSR count). The summed E-state index contributed by atoms with van der Waals surface area (Å²) in [4.78, 5) is 4.25. The van der Waals surface area contributed by atoms with Crippen molar-refractivity contribution in [3.63, 3.8) is 0 Å². The minimum atomic E-state index is -0.532. The van der Waals surface area contributed by atoms with E-state index in [1.807, 2.05) is 0 Å². The number of allylic oxidation sites excluding steroid dienone is 1. The molecule has 0 fully saturated rings. The summed E-state index contributed by atoms with van der Waals surface area (Å²) in [6.07, 6.45) is 2.74. The number of hydrogen-bond donors (Lipinski definition) is 3. The van der Waals surface area contributed by atoms with Gasteiger partial charge in [-0.05, 0) is 12.1 Å². The number of nitrogens with one attached hydrogen (secondary N) is 1. The van der Waals surface area contributed by atoms with E-state index in [1.54, 1.807) is 18.2 Å². The first-order chi connectivity index (χ1) is 10.5. The van der Waals surface area contributed by atoms with Crippen molar-refractivity contribution in [2.75, 3.05) is 0 Å². The third kappa shape index (κ3) is 3.70. The van der Waals surface area contributed by atoms with E-state index in [9.17, 15) is 4.39 Å². The highest BCUT2D eigenvalue weighted by Gasteiger charge is 2.09. The van der Waals surface area contributed by atoms with Crippen LogP contribution in [0.5, 0.6) is 0 Å². The average Bonchev–Trinajstić information content (AvgIpc) is 3.01. The maximum atomic E-state index is 13.9. The van der Waals surface area contributed by atoms with Gasteiger partial charge in [0.1, 0.15) is 23.6 Å². The molecule has 0 amide bonds. The second-order valence-electron chi connectivity index (χ2n) is 4.31. The first kappa shape index (κ1) is 15.7. The molecule has 2 aromatic rings. The summed E-state index contributed by atoms with van der Waals surface area (Å²) in [7, 11) is 0. The largest absolute Gasteiger partial charge is 0.396 e. The van der Waals surface area contributed by atoms with Crippen molar-refractivity contribution in [1.82, 2.24) is 5.16 Å². The third-order valence-corrected chi connectivity index (χ3v) is 3.05. The van der Waals surface area contributed by atoms with Gasteiger partial charge in [-0.2, -0.15) is 0 Å². The Morgan fingerprint density at radius 3 is 2.82 bits per heavy atom. The van der Waals surface area contributed by atoms with Crippen molar-refractivity contribution in [2.24, 2.45) is 16.5 Å². The van der Waals surface area contributed by atoms with Crippen LogP contribution in [0, 0.1) is 11.2 Å². The number of hydrogen-bond acceptors (Lipinski definition) is 5. The molecular formula is C14H13ClFN5O. The third-order valence-electron chi connectivity index (χ3n) is 2.75. The van der Waals surface area contributed by atoms with Crippen molar-refractivity contribution in [2.45, 2.75) is 6.54 Å². The molecule has 0 saturated carbocycles. The van der Waals surface area contributed by atoms with Crippen LogP contribution in [0.25, 0.3) is 0 Å². The fourth-order valence-corrected chi connectivity index (χ4v) is 1.81. The summed E-state index contributed by atoms with van der Waals surface area (Å²) in [6.45, 7) is 0.0241. The van der Waals surface area contributed by atoms with E-state index in [1.165, 1.54) is 18.4 Å². The molecule has 0 spiro atoms. The number of aliphatic imine (C=N–C) groups is 1. The number of nitrogens with zero attached hydrogens (tertiary/aromatic N) is 2. The molecule has 8 heteroatoms. The van der Waals surface area contributed by atoms with Crippen molar-refractivity contribution in [1.29, 1.82) is 5.41 Å². The lowest BCUT2D eigenvalue weighted by molar-refractivity contribution is 0.418. The highest BCUT2D eigenvalue weighted by Crippen LogP contribution is 2.18. The van der Waals surface area contributed by atoms with Crippen molar-refractivity contribution in [3.8, 4) is 0 Å². The van der Waals surface area contributed by atoms with Gasteiger partial charge >= 0.3 is 0 Å². The predicted molar refractivity (Wildman–Crippen MR) is 82.3 cm³/mol. The molecule has 0 bridgehead atoms. The molecule has 0 atom stereocenters. The van der Waals surface area contributed by atoms with Crippen LogP contribution in [-0.4, -0.2) is 16.7 Å². The Bertz CT molecular complexity index is 740. The topological polar surface area (TPSA) is 114 Å². The molecule has 1 heterocycles. The van der Waals surface area contributed by atoms with E-state index < -0.39 is 5.82 Å². The van der Waals surface area contributed by atoms with E-state index in [0.29, 0.717) is 17.0 Å². The van der Waals surface area contributed by atoms with Crippen molar-refractivity contribution >= 4 is 23.1 Å². The van der Waals surface area contributed by atoms with Crippen LogP contribution in [-0.2, 0) is 6.54 Å².